The summed E-state index contributed by atoms with van der Waals surface area (Å²) in [5, 5.41) is 9.54. The van der Waals surface area contributed by atoms with Crippen LogP contribution in [-0.2, 0) is 4.79 Å². The topological polar surface area (TPSA) is 40.5 Å². The lowest BCUT2D eigenvalue weighted by Gasteiger charge is -2.39. The van der Waals surface area contributed by atoms with E-state index in [0.29, 0.717) is 12.5 Å². The highest BCUT2D eigenvalue weighted by Crippen LogP contribution is 2.43. The van der Waals surface area contributed by atoms with Crippen LogP contribution in [0.15, 0.2) is 0 Å². The van der Waals surface area contributed by atoms with Gasteiger partial charge in [0.05, 0.1) is 6.10 Å². The van der Waals surface area contributed by atoms with E-state index in [1.54, 1.807) is 0 Å². The molecule has 1 aliphatic heterocycles. The zero-order valence-corrected chi connectivity index (χ0v) is 11.2. The van der Waals surface area contributed by atoms with Crippen LogP contribution in [-0.4, -0.2) is 35.1 Å². The van der Waals surface area contributed by atoms with Gasteiger partial charge in [0.25, 0.3) is 0 Å². The highest BCUT2D eigenvalue weighted by molar-refractivity contribution is 5.79. The largest absolute Gasteiger partial charge is 0.391 e. The van der Waals surface area contributed by atoms with Crippen molar-refractivity contribution in [2.24, 2.45) is 17.8 Å². The number of hydrogen-bond donors (Lipinski definition) is 1. The van der Waals surface area contributed by atoms with Crippen molar-refractivity contribution in [1.29, 1.82) is 0 Å². The summed E-state index contributed by atoms with van der Waals surface area (Å²) in [7, 11) is 0. The van der Waals surface area contributed by atoms with Gasteiger partial charge in [-0.15, -0.1) is 0 Å². The van der Waals surface area contributed by atoms with Crippen molar-refractivity contribution in [3.8, 4) is 0 Å². The number of β-amino-alcohol motifs (C(OH)–C–C–N with tert-alkyl or cyclic N) is 1. The highest BCUT2D eigenvalue weighted by Gasteiger charge is 2.37. The Bertz CT molecular complexity index is 318. The van der Waals surface area contributed by atoms with Gasteiger partial charge < -0.3 is 10.0 Å². The molecular weight excluding hydrogens is 226 g/mol. The highest BCUT2D eigenvalue weighted by atomic mass is 16.3. The number of likely N-dealkylation sites (tertiary alicyclic amines) is 1. The van der Waals surface area contributed by atoms with Crippen molar-refractivity contribution in [3.63, 3.8) is 0 Å². The minimum atomic E-state index is -0.278. The Morgan fingerprint density at radius 1 is 1.00 bits per heavy atom. The standard InChI is InChI=1S/C15H25NO2/c17-14-7-8-16(10-14)15(18)13-6-5-11-3-1-2-4-12(11)9-13/h11-14,17H,1-10H2/t11-,12-,13+,14+/m0/s1. The number of carbonyl (C=O) groups excluding carboxylic acids is 1. The minimum Gasteiger partial charge on any atom is -0.391 e. The smallest absolute Gasteiger partial charge is 0.225 e. The maximum absolute atomic E-state index is 12.4. The number of aliphatic hydroxyl groups is 1. The van der Waals surface area contributed by atoms with Crippen LogP contribution >= 0.6 is 0 Å². The molecule has 4 atom stereocenters. The number of aliphatic hydroxyl groups excluding tert-OH is 1. The number of amides is 1. The summed E-state index contributed by atoms with van der Waals surface area (Å²) in [6, 6.07) is 0. The Morgan fingerprint density at radius 3 is 2.50 bits per heavy atom. The maximum atomic E-state index is 12.4. The third kappa shape index (κ3) is 2.42. The van der Waals surface area contributed by atoms with Gasteiger partial charge in [-0.25, -0.2) is 0 Å². The van der Waals surface area contributed by atoms with Crippen LogP contribution in [0.2, 0.25) is 0 Å². The lowest BCUT2D eigenvalue weighted by Crippen LogP contribution is -2.39. The third-order valence-corrected chi connectivity index (χ3v) is 5.36. The van der Waals surface area contributed by atoms with Gasteiger partial charge in [0.2, 0.25) is 5.91 Å². The summed E-state index contributed by atoms with van der Waals surface area (Å²) in [5.41, 5.74) is 0. The Kier molecular flexibility index (Phi) is 3.60. The van der Waals surface area contributed by atoms with E-state index < -0.39 is 0 Å². The molecule has 0 unspecified atom stereocenters. The van der Waals surface area contributed by atoms with Crippen molar-refractivity contribution in [2.75, 3.05) is 13.1 Å². The molecule has 0 aromatic heterocycles. The Morgan fingerprint density at radius 2 is 1.78 bits per heavy atom. The molecule has 1 amide bonds. The van der Waals surface area contributed by atoms with Gasteiger partial charge in [0.15, 0.2) is 0 Å². The van der Waals surface area contributed by atoms with E-state index in [0.717, 1.165) is 37.6 Å². The van der Waals surface area contributed by atoms with Crippen LogP contribution in [0.1, 0.15) is 51.4 Å². The molecule has 1 saturated heterocycles. The predicted molar refractivity (Wildman–Crippen MR) is 70.0 cm³/mol. The normalized spacial score (nSPS) is 40.6. The van der Waals surface area contributed by atoms with Crippen LogP contribution in [0, 0.1) is 17.8 Å². The molecule has 3 fully saturated rings. The second-order valence-corrected chi connectivity index (χ2v) is 6.54. The maximum Gasteiger partial charge on any atom is 0.225 e. The molecule has 3 heteroatoms. The van der Waals surface area contributed by atoms with Gasteiger partial charge in [-0.2, -0.15) is 0 Å². The van der Waals surface area contributed by atoms with Crippen LogP contribution in [0.5, 0.6) is 0 Å². The van der Waals surface area contributed by atoms with Gasteiger partial charge in [-0.05, 0) is 37.5 Å². The van der Waals surface area contributed by atoms with Gasteiger partial charge in [-0.3, -0.25) is 4.79 Å². The lowest BCUT2D eigenvalue weighted by atomic mass is 9.67. The number of hydrogen-bond acceptors (Lipinski definition) is 2. The molecule has 3 nitrogen and oxygen atoms in total. The quantitative estimate of drug-likeness (QED) is 0.776. The average Bonchev–Trinajstić information content (AvgIpc) is 2.84. The number of fused-ring (bicyclic) bond motifs is 1. The lowest BCUT2D eigenvalue weighted by molar-refractivity contribution is -0.137. The fraction of sp³-hybridized carbons (Fsp3) is 0.933. The van der Waals surface area contributed by atoms with Crippen molar-refractivity contribution < 1.29 is 9.90 Å². The Hall–Kier alpha value is -0.570. The molecule has 0 aromatic carbocycles. The molecule has 0 bridgehead atoms. The van der Waals surface area contributed by atoms with Crippen LogP contribution in [0.4, 0.5) is 0 Å². The SMILES string of the molecule is O=C([C@@H]1CC[C@@H]2CCCC[C@H]2C1)N1CC[C@@H](O)C1. The summed E-state index contributed by atoms with van der Waals surface area (Å²) in [6.07, 6.45) is 9.47. The molecule has 102 valence electrons. The molecule has 3 aliphatic rings. The fourth-order valence-electron chi connectivity index (χ4n) is 4.30. The molecule has 3 rings (SSSR count). The first kappa shape index (κ1) is 12.5. The molecule has 18 heavy (non-hydrogen) atoms. The monoisotopic (exact) mass is 251 g/mol. The van der Waals surface area contributed by atoms with Crippen LogP contribution < -0.4 is 0 Å². The third-order valence-electron chi connectivity index (χ3n) is 5.36. The molecule has 1 heterocycles. The first-order chi connectivity index (χ1) is 8.74. The first-order valence-electron chi connectivity index (χ1n) is 7.71. The van der Waals surface area contributed by atoms with E-state index in [4.69, 9.17) is 0 Å². The zero-order valence-electron chi connectivity index (χ0n) is 11.2. The van der Waals surface area contributed by atoms with Gasteiger partial charge in [0, 0.05) is 19.0 Å². The molecule has 0 spiro atoms. The number of nitrogens with zero attached hydrogens (tertiary/aromatic N) is 1. The van der Waals surface area contributed by atoms with E-state index in [-0.39, 0.29) is 12.0 Å². The van der Waals surface area contributed by atoms with Crippen molar-refractivity contribution in [2.45, 2.75) is 57.5 Å². The zero-order chi connectivity index (χ0) is 12.5. The van der Waals surface area contributed by atoms with Gasteiger partial charge in [-0.1, -0.05) is 25.7 Å². The number of carbonyl (C=O) groups is 1. The predicted octanol–water partition coefficient (Wildman–Crippen LogP) is 2.19. The second kappa shape index (κ2) is 5.20. The van der Waals surface area contributed by atoms with E-state index in [1.807, 2.05) is 4.90 Å². The van der Waals surface area contributed by atoms with E-state index in [1.165, 1.54) is 32.1 Å². The van der Waals surface area contributed by atoms with Crippen molar-refractivity contribution >= 4 is 5.91 Å². The minimum absolute atomic E-state index is 0.259. The van der Waals surface area contributed by atoms with E-state index in [9.17, 15) is 9.90 Å². The van der Waals surface area contributed by atoms with Gasteiger partial charge >= 0.3 is 0 Å². The molecule has 2 aliphatic carbocycles. The molecule has 1 N–H and O–H groups in total. The van der Waals surface area contributed by atoms with Crippen molar-refractivity contribution in [1.82, 2.24) is 4.90 Å². The van der Waals surface area contributed by atoms with E-state index >= 15 is 0 Å². The summed E-state index contributed by atoms with van der Waals surface area (Å²) >= 11 is 0. The summed E-state index contributed by atoms with van der Waals surface area (Å²) in [5.74, 6) is 2.31. The second-order valence-electron chi connectivity index (χ2n) is 6.54. The van der Waals surface area contributed by atoms with Crippen LogP contribution in [0.3, 0.4) is 0 Å². The number of rotatable bonds is 1. The van der Waals surface area contributed by atoms with Gasteiger partial charge in [0.1, 0.15) is 0 Å². The summed E-state index contributed by atoms with van der Waals surface area (Å²) in [4.78, 5) is 14.3. The molecule has 0 radical (unpaired) electrons. The van der Waals surface area contributed by atoms with Crippen molar-refractivity contribution in [3.05, 3.63) is 0 Å². The molecule has 0 aromatic rings. The summed E-state index contributed by atoms with van der Waals surface area (Å²) < 4.78 is 0. The Balaban J connectivity index is 1.58. The van der Waals surface area contributed by atoms with E-state index in [2.05, 4.69) is 0 Å². The fourth-order valence-corrected chi connectivity index (χ4v) is 4.30. The first-order valence-corrected chi connectivity index (χ1v) is 7.71. The average molecular weight is 251 g/mol. The Labute approximate surface area is 110 Å². The molecule has 2 saturated carbocycles. The molecular formula is C15H25NO2. The van der Waals surface area contributed by atoms with Crippen LogP contribution in [0.25, 0.3) is 0 Å². The summed E-state index contributed by atoms with van der Waals surface area (Å²) in [6.45, 7) is 1.34.